The van der Waals surface area contributed by atoms with Crippen molar-refractivity contribution in [1.29, 1.82) is 0 Å². The molecule has 29 heavy (non-hydrogen) atoms. The zero-order chi connectivity index (χ0) is 20.6. The number of amides is 1. The van der Waals surface area contributed by atoms with Crippen LogP contribution in [0.15, 0.2) is 54.6 Å². The largest absolute Gasteiger partial charge is 0.489 e. The Morgan fingerprint density at radius 3 is 2.76 bits per heavy atom. The smallest absolute Gasteiger partial charge is 0.317 e. The van der Waals surface area contributed by atoms with Crippen LogP contribution in [0.5, 0.6) is 5.75 Å². The van der Waals surface area contributed by atoms with Crippen LogP contribution in [0.4, 0.5) is 0 Å². The molecule has 1 heterocycles. The number of hydrogen-bond acceptors (Lipinski definition) is 5. The van der Waals surface area contributed by atoms with E-state index in [1.165, 1.54) is 0 Å². The Morgan fingerprint density at radius 2 is 2.00 bits per heavy atom. The maximum absolute atomic E-state index is 12.9. The minimum absolute atomic E-state index is 0.0609. The van der Waals surface area contributed by atoms with Gasteiger partial charge in [-0.25, -0.2) is 0 Å². The highest BCUT2D eigenvalue weighted by atomic mass is 16.5. The molecule has 2 aromatic rings. The molecular formula is C22H26N2O5. The van der Waals surface area contributed by atoms with Gasteiger partial charge in [0.2, 0.25) is 0 Å². The molecule has 1 amide bonds. The fourth-order valence-corrected chi connectivity index (χ4v) is 3.30. The van der Waals surface area contributed by atoms with Crippen LogP contribution in [0.3, 0.4) is 0 Å². The average molecular weight is 398 g/mol. The van der Waals surface area contributed by atoms with E-state index in [1.807, 2.05) is 42.5 Å². The lowest BCUT2D eigenvalue weighted by atomic mass is 10.1. The van der Waals surface area contributed by atoms with E-state index in [1.54, 1.807) is 29.0 Å². The maximum Gasteiger partial charge on any atom is 0.317 e. The Bertz CT molecular complexity index is 827. The van der Waals surface area contributed by atoms with E-state index >= 15 is 0 Å². The Kier molecular flexibility index (Phi) is 7.21. The first-order chi connectivity index (χ1) is 14.0. The molecule has 1 fully saturated rings. The van der Waals surface area contributed by atoms with Gasteiger partial charge in [-0.1, -0.05) is 36.4 Å². The summed E-state index contributed by atoms with van der Waals surface area (Å²) in [6.45, 7) is 2.20. The number of nitrogens with zero attached hydrogens (tertiary/aromatic N) is 2. The van der Waals surface area contributed by atoms with Crippen LogP contribution in [0.2, 0.25) is 0 Å². The second-order valence-corrected chi connectivity index (χ2v) is 7.14. The summed E-state index contributed by atoms with van der Waals surface area (Å²) in [6.07, 6.45) is -0.213. The summed E-state index contributed by atoms with van der Waals surface area (Å²) < 4.78 is 11.5. The van der Waals surface area contributed by atoms with Gasteiger partial charge in [0, 0.05) is 25.2 Å². The summed E-state index contributed by atoms with van der Waals surface area (Å²) in [5.41, 5.74) is 1.63. The third-order valence-electron chi connectivity index (χ3n) is 4.68. The van der Waals surface area contributed by atoms with E-state index in [4.69, 9.17) is 14.6 Å². The predicted molar refractivity (Wildman–Crippen MR) is 108 cm³/mol. The Morgan fingerprint density at radius 1 is 1.21 bits per heavy atom. The SMILES string of the molecule is CN(CC(=O)O)CC1CN(C(=O)c2cccc(OCc3ccccc3)c2)CCO1. The van der Waals surface area contributed by atoms with Crippen molar-refractivity contribution < 1.29 is 24.2 Å². The normalized spacial score (nSPS) is 16.6. The molecule has 1 saturated heterocycles. The lowest BCUT2D eigenvalue weighted by Gasteiger charge is -2.34. The molecule has 2 aromatic carbocycles. The van der Waals surface area contributed by atoms with Crippen molar-refractivity contribution in [2.75, 3.05) is 39.8 Å². The molecule has 154 valence electrons. The van der Waals surface area contributed by atoms with Gasteiger partial charge >= 0.3 is 5.97 Å². The molecule has 1 aliphatic heterocycles. The molecule has 0 spiro atoms. The van der Waals surface area contributed by atoms with E-state index < -0.39 is 5.97 Å². The van der Waals surface area contributed by atoms with Gasteiger partial charge in [0.05, 0.1) is 19.3 Å². The van der Waals surface area contributed by atoms with Crippen molar-refractivity contribution >= 4 is 11.9 Å². The highest BCUT2D eigenvalue weighted by Crippen LogP contribution is 2.18. The van der Waals surface area contributed by atoms with Gasteiger partial charge in [-0.05, 0) is 30.8 Å². The number of hydrogen-bond donors (Lipinski definition) is 1. The number of rotatable bonds is 8. The number of benzene rings is 2. The molecule has 1 atom stereocenters. The summed E-state index contributed by atoms with van der Waals surface area (Å²) in [7, 11) is 1.73. The van der Waals surface area contributed by atoms with Crippen LogP contribution < -0.4 is 4.74 Å². The Balaban J connectivity index is 1.58. The first kappa shape index (κ1) is 20.8. The molecule has 1 N–H and O–H groups in total. The quantitative estimate of drug-likeness (QED) is 0.734. The van der Waals surface area contributed by atoms with Gasteiger partial charge < -0.3 is 19.5 Å². The van der Waals surface area contributed by atoms with Crippen LogP contribution in [0.1, 0.15) is 15.9 Å². The van der Waals surface area contributed by atoms with Gasteiger partial charge in [0.25, 0.3) is 5.91 Å². The second kappa shape index (κ2) is 10.0. The minimum Gasteiger partial charge on any atom is -0.489 e. The van der Waals surface area contributed by atoms with Crippen LogP contribution in [0, 0.1) is 0 Å². The maximum atomic E-state index is 12.9. The number of carboxylic acids is 1. The lowest BCUT2D eigenvalue weighted by molar-refractivity contribution is -0.138. The van der Waals surface area contributed by atoms with Gasteiger partial charge in [-0.2, -0.15) is 0 Å². The molecule has 7 heteroatoms. The predicted octanol–water partition coefficient (Wildman–Crippen LogP) is 2.12. The molecule has 0 saturated carbocycles. The Hall–Kier alpha value is -2.90. The molecule has 1 aliphatic rings. The van der Waals surface area contributed by atoms with Crippen molar-refractivity contribution in [3.63, 3.8) is 0 Å². The number of ether oxygens (including phenoxy) is 2. The summed E-state index contributed by atoms with van der Waals surface area (Å²) in [5.74, 6) is -0.321. The monoisotopic (exact) mass is 398 g/mol. The molecule has 7 nitrogen and oxygen atoms in total. The van der Waals surface area contributed by atoms with Crippen LogP contribution in [-0.4, -0.2) is 72.7 Å². The van der Waals surface area contributed by atoms with E-state index in [9.17, 15) is 9.59 Å². The van der Waals surface area contributed by atoms with E-state index in [-0.39, 0.29) is 18.6 Å². The third-order valence-corrected chi connectivity index (χ3v) is 4.68. The molecule has 0 aliphatic carbocycles. The van der Waals surface area contributed by atoms with Gasteiger partial charge in [-0.3, -0.25) is 14.5 Å². The fourth-order valence-electron chi connectivity index (χ4n) is 3.30. The van der Waals surface area contributed by atoms with E-state index in [0.717, 1.165) is 5.56 Å². The first-order valence-corrected chi connectivity index (χ1v) is 9.59. The van der Waals surface area contributed by atoms with Crippen molar-refractivity contribution in [1.82, 2.24) is 9.80 Å². The Labute approximate surface area is 170 Å². The van der Waals surface area contributed by atoms with Crippen molar-refractivity contribution in [3.05, 3.63) is 65.7 Å². The van der Waals surface area contributed by atoms with Crippen molar-refractivity contribution in [3.8, 4) is 5.75 Å². The summed E-state index contributed by atoms with van der Waals surface area (Å²) in [5, 5.41) is 8.89. The number of aliphatic carboxylic acids is 1. The molecular weight excluding hydrogens is 372 g/mol. The van der Waals surface area contributed by atoms with E-state index in [0.29, 0.717) is 44.2 Å². The highest BCUT2D eigenvalue weighted by Gasteiger charge is 2.26. The third kappa shape index (κ3) is 6.30. The minimum atomic E-state index is -0.886. The lowest BCUT2D eigenvalue weighted by Crippen LogP contribution is -2.49. The standard InChI is InChI=1S/C22H26N2O5/c1-23(15-21(25)26)13-20-14-24(10-11-28-20)22(27)18-8-5-9-19(12-18)29-16-17-6-3-2-4-7-17/h2-9,12,20H,10-11,13-16H2,1H3,(H,25,26). The van der Waals surface area contributed by atoms with Crippen LogP contribution >= 0.6 is 0 Å². The fraction of sp³-hybridized carbons (Fsp3) is 0.364. The topological polar surface area (TPSA) is 79.3 Å². The van der Waals surface area contributed by atoms with Crippen LogP contribution in [-0.2, 0) is 16.1 Å². The number of morpholine rings is 1. The van der Waals surface area contributed by atoms with Crippen molar-refractivity contribution in [2.45, 2.75) is 12.7 Å². The van der Waals surface area contributed by atoms with Gasteiger partial charge in [0.1, 0.15) is 12.4 Å². The summed E-state index contributed by atoms with van der Waals surface area (Å²) in [6, 6.07) is 17.0. The molecule has 0 bridgehead atoms. The highest BCUT2D eigenvalue weighted by molar-refractivity contribution is 5.94. The molecule has 1 unspecified atom stereocenters. The molecule has 0 aromatic heterocycles. The summed E-state index contributed by atoms with van der Waals surface area (Å²) >= 11 is 0. The number of carbonyl (C=O) groups is 2. The number of carbonyl (C=O) groups excluding carboxylic acids is 1. The number of carboxylic acid groups (broad SMARTS) is 1. The summed E-state index contributed by atoms with van der Waals surface area (Å²) in [4.78, 5) is 27.2. The van der Waals surface area contributed by atoms with Gasteiger partial charge in [-0.15, -0.1) is 0 Å². The first-order valence-electron chi connectivity index (χ1n) is 9.59. The number of likely N-dealkylation sites (N-methyl/N-ethyl adjacent to an activating group) is 1. The molecule has 0 radical (unpaired) electrons. The van der Waals surface area contributed by atoms with Crippen molar-refractivity contribution in [2.24, 2.45) is 0 Å². The van der Waals surface area contributed by atoms with E-state index in [2.05, 4.69) is 0 Å². The zero-order valence-electron chi connectivity index (χ0n) is 16.5. The van der Waals surface area contributed by atoms with Crippen LogP contribution in [0.25, 0.3) is 0 Å². The van der Waals surface area contributed by atoms with Gasteiger partial charge in [0.15, 0.2) is 0 Å². The second-order valence-electron chi connectivity index (χ2n) is 7.14. The molecule has 3 rings (SSSR count). The zero-order valence-corrected chi connectivity index (χ0v) is 16.5. The average Bonchev–Trinajstić information content (AvgIpc) is 2.72.